The van der Waals surface area contributed by atoms with Crippen LogP contribution in [0, 0.1) is 5.92 Å². The van der Waals surface area contributed by atoms with Gasteiger partial charge in [0, 0.05) is 13.6 Å². The number of rotatable bonds is 5. The first-order valence-electron chi connectivity index (χ1n) is 12.9. The third kappa shape index (κ3) is 6.03. The molecule has 1 aromatic heterocycles. The molecule has 5 nitrogen and oxygen atoms in total. The Morgan fingerprint density at radius 3 is 2.28 bits per heavy atom. The van der Waals surface area contributed by atoms with Crippen molar-refractivity contribution in [1.29, 1.82) is 0 Å². The van der Waals surface area contributed by atoms with Gasteiger partial charge in [0.1, 0.15) is 11.6 Å². The summed E-state index contributed by atoms with van der Waals surface area (Å²) < 4.78 is 7.01. The summed E-state index contributed by atoms with van der Waals surface area (Å²) in [6.07, 6.45) is 4.30. The van der Waals surface area contributed by atoms with Crippen LogP contribution >= 0.6 is 0 Å². The van der Waals surface area contributed by atoms with Crippen LogP contribution in [0.3, 0.4) is 0 Å². The second-order valence-electron chi connectivity index (χ2n) is 9.85. The average molecular weight is 484 g/mol. The molecule has 3 aromatic carbocycles. The van der Waals surface area contributed by atoms with Gasteiger partial charge in [0.15, 0.2) is 0 Å². The van der Waals surface area contributed by atoms with E-state index >= 15 is 0 Å². The van der Waals surface area contributed by atoms with Crippen molar-refractivity contribution in [3.63, 3.8) is 0 Å². The Morgan fingerprint density at radius 1 is 0.889 bits per heavy atom. The number of piperidine rings is 1. The third-order valence-corrected chi connectivity index (χ3v) is 6.60. The van der Waals surface area contributed by atoms with Crippen LogP contribution in [0.4, 0.5) is 0 Å². The van der Waals surface area contributed by atoms with Crippen LogP contribution in [0.1, 0.15) is 33.1 Å². The number of nitrogens with zero attached hydrogens (tertiary/aromatic N) is 3. The maximum Gasteiger partial charge on any atom is 0.261 e. The summed E-state index contributed by atoms with van der Waals surface area (Å²) in [4.78, 5) is 20.3. The van der Waals surface area contributed by atoms with Gasteiger partial charge >= 0.3 is 0 Å². The van der Waals surface area contributed by atoms with Gasteiger partial charge in [-0.05, 0) is 67.2 Å². The van der Waals surface area contributed by atoms with Gasteiger partial charge in [-0.2, -0.15) is 0 Å². The number of methoxy groups -OCH3 is 1. The minimum absolute atomic E-state index is 0.0753. The first-order chi connectivity index (χ1) is 17.5. The maximum absolute atomic E-state index is 13.0. The van der Waals surface area contributed by atoms with Crippen molar-refractivity contribution in [2.24, 2.45) is 13.0 Å². The summed E-state index contributed by atoms with van der Waals surface area (Å²) in [6, 6.07) is 23.4. The van der Waals surface area contributed by atoms with Gasteiger partial charge in [-0.3, -0.25) is 9.36 Å². The molecule has 0 spiro atoms. The zero-order valence-electron chi connectivity index (χ0n) is 21.9. The number of fused-ring (bicyclic) bond motifs is 1. The molecule has 0 radical (unpaired) electrons. The fraction of sp³-hybridized carbons (Fsp3) is 0.355. The monoisotopic (exact) mass is 483 g/mol. The van der Waals surface area contributed by atoms with Crippen molar-refractivity contribution >= 4 is 10.9 Å². The number of aromatic nitrogens is 2. The fourth-order valence-electron chi connectivity index (χ4n) is 4.81. The molecular weight excluding hydrogens is 446 g/mol. The summed E-state index contributed by atoms with van der Waals surface area (Å²) in [7, 11) is 3.36. The molecule has 1 aliphatic rings. The van der Waals surface area contributed by atoms with Crippen molar-refractivity contribution in [1.82, 2.24) is 14.5 Å². The van der Waals surface area contributed by atoms with E-state index in [9.17, 15) is 4.79 Å². The molecule has 1 aliphatic heterocycles. The second-order valence-corrected chi connectivity index (χ2v) is 9.85. The van der Waals surface area contributed by atoms with E-state index in [1.54, 1.807) is 18.7 Å². The van der Waals surface area contributed by atoms with E-state index in [1.807, 2.05) is 72.8 Å². The largest absolute Gasteiger partial charge is 0.496 e. The molecule has 36 heavy (non-hydrogen) atoms. The van der Waals surface area contributed by atoms with Crippen LogP contribution in [0.5, 0.6) is 5.75 Å². The van der Waals surface area contributed by atoms with Gasteiger partial charge in [-0.1, -0.05) is 68.8 Å². The summed E-state index contributed by atoms with van der Waals surface area (Å²) in [5.41, 5.74) is 3.47. The van der Waals surface area contributed by atoms with Gasteiger partial charge in [0.05, 0.1) is 23.6 Å². The van der Waals surface area contributed by atoms with Crippen LogP contribution in [0.2, 0.25) is 0 Å². The quantitative estimate of drug-likeness (QED) is 0.329. The maximum atomic E-state index is 13.0. The van der Waals surface area contributed by atoms with Crippen molar-refractivity contribution in [3.05, 3.63) is 83.2 Å². The summed E-state index contributed by atoms with van der Waals surface area (Å²) in [6.45, 7) is 8.60. The smallest absolute Gasteiger partial charge is 0.261 e. The first-order valence-corrected chi connectivity index (χ1v) is 12.9. The van der Waals surface area contributed by atoms with Gasteiger partial charge in [0.25, 0.3) is 5.56 Å². The van der Waals surface area contributed by atoms with Gasteiger partial charge in [0.2, 0.25) is 0 Å². The Balaban J connectivity index is 0.000000256. The molecule has 0 saturated carbocycles. The molecule has 188 valence electrons. The van der Waals surface area contributed by atoms with Crippen molar-refractivity contribution < 1.29 is 4.74 Å². The molecule has 0 N–H and O–H groups in total. The highest BCUT2D eigenvalue weighted by atomic mass is 16.5. The standard InChI is InChI=1S/C22H18N2O2.C9H19N/c1-24-21(17-10-6-7-11-20(17)26-2)23-19-13-12-16(14-18(19)22(24)25)15-8-4-3-5-9-15;1-9(2)8-10-6-4-3-5-7-10/h3-14H,1-2H3;9H,3-8H2,1-2H3. The molecule has 0 amide bonds. The lowest BCUT2D eigenvalue weighted by Gasteiger charge is -2.27. The zero-order chi connectivity index (χ0) is 25.5. The number of hydrogen-bond donors (Lipinski definition) is 0. The topological polar surface area (TPSA) is 47.4 Å². The van der Waals surface area contributed by atoms with E-state index in [-0.39, 0.29) is 5.56 Å². The van der Waals surface area contributed by atoms with Gasteiger partial charge < -0.3 is 9.64 Å². The summed E-state index contributed by atoms with van der Waals surface area (Å²) in [5, 5.41) is 0.604. The summed E-state index contributed by atoms with van der Waals surface area (Å²) in [5.74, 6) is 2.13. The molecule has 1 saturated heterocycles. The van der Waals surface area contributed by atoms with Crippen LogP contribution in [-0.2, 0) is 7.05 Å². The molecule has 0 aliphatic carbocycles. The predicted octanol–water partition coefficient (Wildman–Crippen LogP) is 6.40. The SMILES string of the molecule is CC(C)CN1CCCCC1.COc1ccccc1-c1nc2ccc(-c3ccccc3)cc2c(=O)n1C. The Kier molecular flexibility index (Phi) is 8.55. The van der Waals surface area contributed by atoms with Crippen molar-refractivity contribution in [3.8, 4) is 28.3 Å². The molecule has 0 bridgehead atoms. The van der Waals surface area contributed by atoms with Crippen LogP contribution in [-0.4, -0.2) is 41.2 Å². The van der Waals surface area contributed by atoms with E-state index in [2.05, 4.69) is 18.7 Å². The summed E-state index contributed by atoms with van der Waals surface area (Å²) >= 11 is 0. The van der Waals surface area contributed by atoms with Gasteiger partial charge in [-0.25, -0.2) is 4.98 Å². The minimum Gasteiger partial charge on any atom is -0.496 e. The lowest BCUT2D eigenvalue weighted by Crippen LogP contribution is -2.32. The highest BCUT2D eigenvalue weighted by Crippen LogP contribution is 2.29. The number of ether oxygens (including phenoxy) is 1. The van der Waals surface area contributed by atoms with Crippen molar-refractivity contribution in [2.75, 3.05) is 26.7 Å². The Labute approximate surface area is 214 Å². The lowest BCUT2D eigenvalue weighted by atomic mass is 10.0. The molecule has 0 atom stereocenters. The first kappa shape index (κ1) is 25.6. The molecule has 1 fully saturated rings. The van der Waals surface area contributed by atoms with E-state index in [0.717, 1.165) is 22.6 Å². The van der Waals surface area contributed by atoms with Crippen LogP contribution in [0.15, 0.2) is 77.6 Å². The fourth-order valence-corrected chi connectivity index (χ4v) is 4.81. The molecule has 5 heteroatoms. The van der Waals surface area contributed by atoms with Crippen LogP contribution in [0.25, 0.3) is 33.4 Å². The highest BCUT2D eigenvalue weighted by molar-refractivity contribution is 5.85. The van der Waals surface area contributed by atoms with E-state index in [1.165, 1.54) is 38.9 Å². The average Bonchev–Trinajstić information content (AvgIpc) is 2.91. The molecule has 4 aromatic rings. The molecule has 0 unspecified atom stereocenters. The molecule has 5 rings (SSSR count). The number of benzene rings is 3. The Morgan fingerprint density at radius 2 is 1.58 bits per heavy atom. The highest BCUT2D eigenvalue weighted by Gasteiger charge is 2.14. The van der Waals surface area contributed by atoms with E-state index in [0.29, 0.717) is 22.5 Å². The second kappa shape index (κ2) is 12.0. The van der Waals surface area contributed by atoms with Crippen molar-refractivity contribution in [2.45, 2.75) is 33.1 Å². The number of hydrogen-bond acceptors (Lipinski definition) is 4. The van der Waals surface area contributed by atoms with Gasteiger partial charge in [-0.15, -0.1) is 0 Å². The van der Waals surface area contributed by atoms with Crippen LogP contribution < -0.4 is 10.3 Å². The Hall–Kier alpha value is -3.44. The number of para-hydroxylation sites is 1. The number of likely N-dealkylation sites (tertiary alicyclic amines) is 1. The lowest BCUT2D eigenvalue weighted by molar-refractivity contribution is 0.206. The zero-order valence-corrected chi connectivity index (χ0v) is 21.9. The molecule has 2 heterocycles. The third-order valence-electron chi connectivity index (χ3n) is 6.60. The minimum atomic E-state index is -0.0753. The predicted molar refractivity (Wildman–Crippen MR) is 150 cm³/mol. The Bertz CT molecular complexity index is 1340. The van der Waals surface area contributed by atoms with E-state index < -0.39 is 0 Å². The molecular formula is C31H37N3O2. The normalized spacial score (nSPS) is 13.9. The van der Waals surface area contributed by atoms with E-state index in [4.69, 9.17) is 9.72 Å².